The van der Waals surface area contributed by atoms with Crippen LogP contribution in [0.2, 0.25) is 0 Å². The molecule has 0 saturated carbocycles. The normalized spacial score (nSPS) is 11.4. The molecule has 3 rings (SSSR count). The lowest BCUT2D eigenvalue weighted by atomic mass is 9.97. The first-order valence-corrected chi connectivity index (χ1v) is 15.0. The van der Waals surface area contributed by atoms with Crippen molar-refractivity contribution < 1.29 is 39.4 Å². The van der Waals surface area contributed by atoms with Crippen LogP contribution in [0, 0.1) is 0 Å². The monoisotopic (exact) mass is 562 g/mol. The van der Waals surface area contributed by atoms with Gasteiger partial charge in [-0.05, 0) is 67.4 Å². The van der Waals surface area contributed by atoms with Gasteiger partial charge < -0.3 is 22.6 Å². The van der Waals surface area contributed by atoms with Crippen molar-refractivity contribution in [1.82, 2.24) is 0 Å². The molecule has 0 aliphatic carbocycles. The minimum atomic E-state index is -3.83. The van der Waals surface area contributed by atoms with Crippen molar-refractivity contribution in [3.05, 3.63) is 66.2 Å². The highest BCUT2D eigenvalue weighted by Crippen LogP contribution is 2.43. The van der Waals surface area contributed by atoms with E-state index in [9.17, 15) is 16.8 Å². The van der Waals surface area contributed by atoms with Crippen molar-refractivity contribution in [2.75, 3.05) is 33.3 Å². The Hall–Kier alpha value is -3.70. The molecule has 0 atom stereocenters. The molecule has 0 aliphatic heterocycles. The fourth-order valence-electron chi connectivity index (χ4n) is 3.53. The van der Waals surface area contributed by atoms with E-state index in [0.717, 1.165) is 23.6 Å². The summed E-state index contributed by atoms with van der Waals surface area (Å²) in [6, 6.07) is 15.0. The number of benzene rings is 3. The number of hydrogen-bond acceptors (Lipinski definition) is 9. The van der Waals surface area contributed by atoms with Gasteiger partial charge in [0.2, 0.25) is 0 Å². The average Bonchev–Trinajstić information content (AvgIpc) is 2.82. The van der Waals surface area contributed by atoms with E-state index in [1.165, 1.54) is 14.2 Å². The third kappa shape index (κ3) is 7.90. The number of ether oxygens (including phenoxy) is 3. The van der Waals surface area contributed by atoms with Gasteiger partial charge in [-0.15, -0.1) is 0 Å². The summed E-state index contributed by atoms with van der Waals surface area (Å²) in [5, 5.41) is 0. The summed E-state index contributed by atoms with van der Waals surface area (Å²) in [7, 11) is -4.43. The summed E-state index contributed by atoms with van der Waals surface area (Å²) in [6.45, 7) is 4.12. The molecule has 11 heteroatoms. The van der Waals surface area contributed by atoms with E-state index in [0.29, 0.717) is 28.2 Å². The Labute approximate surface area is 223 Å². The quantitative estimate of drug-likeness (QED) is 0.234. The molecule has 0 bridgehead atoms. The first-order valence-electron chi connectivity index (χ1n) is 11.4. The van der Waals surface area contributed by atoms with E-state index in [1.807, 2.05) is 19.9 Å². The van der Waals surface area contributed by atoms with Crippen LogP contribution in [0.4, 0.5) is 0 Å². The molecule has 0 N–H and O–H groups in total. The molecule has 0 fully saturated rings. The highest BCUT2D eigenvalue weighted by molar-refractivity contribution is 7.86. The summed E-state index contributed by atoms with van der Waals surface area (Å²) >= 11 is 0. The zero-order valence-electron chi connectivity index (χ0n) is 22.0. The van der Waals surface area contributed by atoms with Gasteiger partial charge in [0.25, 0.3) is 0 Å². The van der Waals surface area contributed by atoms with E-state index in [1.54, 1.807) is 54.6 Å². The Morgan fingerprint density at radius 1 is 0.684 bits per heavy atom. The maximum absolute atomic E-state index is 11.9. The van der Waals surface area contributed by atoms with Crippen LogP contribution in [0.3, 0.4) is 0 Å². The first kappa shape index (κ1) is 28.9. The SMILES string of the molecule is COc1cc(-c2ccc(OCC=C(C)C)c(OS(C)(=O)=O)c2)c(OC)cc1-c1ccc(OS(C)(=O)=O)cc1. The van der Waals surface area contributed by atoms with Gasteiger partial charge in [-0.25, -0.2) is 0 Å². The van der Waals surface area contributed by atoms with Crippen LogP contribution in [0.1, 0.15) is 13.8 Å². The van der Waals surface area contributed by atoms with Gasteiger partial charge in [0.15, 0.2) is 11.5 Å². The van der Waals surface area contributed by atoms with Crippen molar-refractivity contribution >= 4 is 20.2 Å². The van der Waals surface area contributed by atoms with Gasteiger partial charge >= 0.3 is 20.2 Å². The van der Waals surface area contributed by atoms with Crippen LogP contribution in [-0.2, 0) is 20.2 Å². The van der Waals surface area contributed by atoms with Crippen molar-refractivity contribution in [2.45, 2.75) is 13.8 Å². The third-order valence-electron chi connectivity index (χ3n) is 5.16. The van der Waals surface area contributed by atoms with Crippen LogP contribution in [0.15, 0.2) is 66.2 Å². The molecule has 0 aliphatic rings. The molecule has 38 heavy (non-hydrogen) atoms. The van der Waals surface area contributed by atoms with Crippen LogP contribution >= 0.6 is 0 Å². The maximum Gasteiger partial charge on any atom is 0.306 e. The van der Waals surface area contributed by atoms with E-state index in [2.05, 4.69) is 0 Å². The Morgan fingerprint density at radius 3 is 1.71 bits per heavy atom. The average molecular weight is 563 g/mol. The lowest BCUT2D eigenvalue weighted by molar-refractivity contribution is 0.347. The Balaban J connectivity index is 2.07. The minimum absolute atomic E-state index is 0.0405. The van der Waals surface area contributed by atoms with Crippen molar-refractivity contribution in [3.63, 3.8) is 0 Å². The molecular formula is C27H30O9S2. The highest BCUT2D eigenvalue weighted by atomic mass is 32.2. The standard InChI is InChI=1S/C27H30O9S2/c1-18(2)13-14-34-24-12-9-20(15-27(24)36-38(6,30)31)23-17-25(32-3)22(16-26(23)33-4)19-7-10-21(11-8-19)35-37(5,28)29/h7-13,15-17H,14H2,1-6H3. The minimum Gasteiger partial charge on any atom is -0.496 e. The van der Waals surface area contributed by atoms with Crippen molar-refractivity contribution in [1.29, 1.82) is 0 Å². The van der Waals surface area contributed by atoms with Crippen LogP contribution < -0.4 is 22.6 Å². The second-order valence-corrected chi connectivity index (χ2v) is 11.8. The zero-order chi connectivity index (χ0) is 28.1. The van der Waals surface area contributed by atoms with Gasteiger partial charge in [0.1, 0.15) is 23.9 Å². The van der Waals surface area contributed by atoms with Gasteiger partial charge in [0, 0.05) is 11.1 Å². The molecule has 0 radical (unpaired) electrons. The Morgan fingerprint density at radius 2 is 1.21 bits per heavy atom. The summed E-state index contributed by atoms with van der Waals surface area (Å²) in [5.41, 5.74) is 3.71. The largest absolute Gasteiger partial charge is 0.496 e. The molecule has 3 aromatic rings. The molecule has 0 heterocycles. The number of methoxy groups -OCH3 is 2. The van der Waals surface area contributed by atoms with Crippen molar-refractivity contribution in [2.24, 2.45) is 0 Å². The second-order valence-electron chi connectivity index (χ2n) is 8.61. The van der Waals surface area contributed by atoms with Crippen molar-refractivity contribution in [3.8, 4) is 51.0 Å². The van der Waals surface area contributed by atoms with E-state index in [-0.39, 0.29) is 23.9 Å². The molecule has 0 unspecified atom stereocenters. The predicted octanol–water partition coefficient (Wildman–Crippen LogP) is 5.06. The zero-order valence-corrected chi connectivity index (χ0v) is 23.6. The Bertz CT molecular complexity index is 1540. The van der Waals surface area contributed by atoms with Crippen LogP contribution in [0.25, 0.3) is 22.3 Å². The molecule has 9 nitrogen and oxygen atoms in total. The number of allylic oxidation sites excluding steroid dienone is 1. The lowest BCUT2D eigenvalue weighted by Crippen LogP contribution is -2.08. The molecule has 0 saturated heterocycles. The van der Waals surface area contributed by atoms with Crippen LogP contribution in [0.5, 0.6) is 28.7 Å². The summed E-state index contributed by atoms with van der Waals surface area (Å²) in [4.78, 5) is 0. The molecule has 0 spiro atoms. The topological polar surface area (TPSA) is 114 Å². The summed E-state index contributed by atoms with van der Waals surface area (Å²) < 4.78 is 73.8. The van der Waals surface area contributed by atoms with Gasteiger partial charge in [-0.2, -0.15) is 16.8 Å². The van der Waals surface area contributed by atoms with E-state index in [4.69, 9.17) is 22.6 Å². The van der Waals surface area contributed by atoms with Gasteiger partial charge in [-0.1, -0.05) is 23.8 Å². The molecule has 0 amide bonds. The molecule has 0 aromatic heterocycles. The van der Waals surface area contributed by atoms with Gasteiger partial charge in [-0.3, -0.25) is 0 Å². The summed E-state index contributed by atoms with van der Waals surface area (Å²) in [6.07, 6.45) is 3.80. The lowest BCUT2D eigenvalue weighted by Gasteiger charge is -2.17. The fourth-order valence-corrected chi connectivity index (χ4v) is 4.45. The van der Waals surface area contributed by atoms with Crippen LogP contribution in [-0.4, -0.2) is 50.2 Å². The summed E-state index contributed by atoms with van der Waals surface area (Å²) in [5.74, 6) is 1.49. The first-order chi connectivity index (χ1) is 17.8. The number of hydrogen-bond donors (Lipinski definition) is 0. The molecule has 204 valence electrons. The molecule has 3 aromatic carbocycles. The fraction of sp³-hybridized carbons (Fsp3) is 0.259. The van der Waals surface area contributed by atoms with E-state index >= 15 is 0 Å². The number of rotatable bonds is 11. The van der Waals surface area contributed by atoms with Gasteiger partial charge in [0.05, 0.1) is 26.7 Å². The molecular weight excluding hydrogens is 532 g/mol. The predicted molar refractivity (Wildman–Crippen MR) is 146 cm³/mol. The Kier molecular flexibility index (Phi) is 8.95. The van der Waals surface area contributed by atoms with E-state index < -0.39 is 20.2 Å². The maximum atomic E-state index is 11.9. The second kappa shape index (κ2) is 11.8. The highest BCUT2D eigenvalue weighted by Gasteiger charge is 2.18. The third-order valence-corrected chi connectivity index (χ3v) is 6.14. The smallest absolute Gasteiger partial charge is 0.306 e.